The molecule has 2 aromatic carbocycles. The van der Waals surface area contributed by atoms with Gasteiger partial charge in [0.05, 0.1) is 17.2 Å². The Labute approximate surface area is 162 Å². The molecular weight excluding hydrogens is 379 g/mol. The summed E-state index contributed by atoms with van der Waals surface area (Å²) in [6.45, 7) is 3.35. The molecule has 3 aromatic rings. The molecular formula is C20H21N2O5P. The van der Waals surface area contributed by atoms with Crippen LogP contribution in [0.4, 0.5) is 0 Å². The molecule has 0 aliphatic rings. The highest BCUT2D eigenvalue weighted by Gasteiger charge is 2.21. The van der Waals surface area contributed by atoms with Crippen LogP contribution in [-0.4, -0.2) is 27.4 Å². The molecule has 3 rings (SSSR count). The smallest absolute Gasteiger partial charge is 0.331 e. The van der Waals surface area contributed by atoms with Gasteiger partial charge in [-0.3, -0.25) is 13.9 Å². The fraction of sp³-hybridized carbons (Fsp3) is 0.200. The van der Waals surface area contributed by atoms with Crippen molar-refractivity contribution < 1.29 is 18.7 Å². The fourth-order valence-corrected chi connectivity index (χ4v) is 3.54. The van der Waals surface area contributed by atoms with Crippen molar-refractivity contribution in [2.45, 2.75) is 6.42 Å². The standard InChI is InChI=1S/C20H21N2O5P/c1-15(16-8-4-3-5-9-16)26-14-27-28(24,25)13-12-18-20(23)22(2)19-11-7-6-10-17(19)21-18/h3-11H,1,12-14H2,2H3,(H,24,25). The Bertz CT molecular complexity index is 1090. The molecule has 0 bridgehead atoms. The number of rotatable bonds is 8. The van der Waals surface area contributed by atoms with Crippen LogP contribution in [0.25, 0.3) is 16.8 Å². The van der Waals surface area contributed by atoms with Gasteiger partial charge in [0, 0.05) is 19.0 Å². The summed E-state index contributed by atoms with van der Waals surface area (Å²) in [4.78, 5) is 26.8. The number of fused-ring (bicyclic) bond motifs is 1. The van der Waals surface area contributed by atoms with E-state index in [1.54, 1.807) is 19.2 Å². The zero-order chi connectivity index (χ0) is 20.1. The molecule has 0 spiro atoms. The highest BCUT2D eigenvalue weighted by atomic mass is 31.2. The maximum Gasteiger partial charge on any atom is 0.331 e. The van der Waals surface area contributed by atoms with Gasteiger partial charge in [0.2, 0.25) is 0 Å². The Morgan fingerprint density at radius 3 is 2.61 bits per heavy atom. The minimum absolute atomic E-state index is 0.0188. The van der Waals surface area contributed by atoms with Crippen LogP contribution >= 0.6 is 7.60 Å². The summed E-state index contributed by atoms with van der Waals surface area (Å²) in [7, 11) is -2.31. The van der Waals surface area contributed by atoms with Crippen molar-refractivity contribution >= 4 is 24.4 Å². The van der Waals surface area contributed by atoms with Crippen molar-refractivity contribution in [1.82, 2.24) is 9.55 Å². The van der Waals surface area contributed by atoms with Crippen molar-refractivity contribution in [3.63, 3.8) is 0 Å². The first-order chi connectivity index (χ1) is 13.4. The molecule has 1 atom stereocenters. The number of aromatic nitrogens is 2. The van der Waals surface area contributed by atoms with E-state index in [-0.39, 0.29) is 23.8 Å². The van der Waals surface area contributed by atoms with Crippen LogP contribution in [0.5, 0.6) is 0 Å². The summed E-state index contributed by atoms with van der Waals surface area (Å²) < 4.78 is 24.0. The summed E-state index contributed by atoms with van der Waals surface area (Å²) in [6.07, 6.45) is -0.223. The van der Waals surface area contributed by atoms with E-state index >= 15 is 0 Å². The molecule has 1 aromatic heterocycles. The fourth-order valence-electron chi connectivity index (χ4n) is 2.70. The monoisotopic (exact) mass is 400 g/mol. The van der Waals surface area contributed by atoms with Crippen molar-refractivity contribution in [2.24, 2.45) is 7.05 Å². The van der Waals surface area contributed by atoms with E-state index in [4.69, 9.17) is 9.26 Å². The molecule has 8 heteroatoms. The average Bonchev–Trinajstić information content (AvgIpc) is 2.70. The predicted molar refractivity (Wildman–Crippen MR) is 108 cm³/mol. The Kier molecular flexibility index (Phi) is 6.09. The van der Waals surface area contributed by atoms with Crippen LogP contribution in [-0.2, 0) is 27.3 Å². The Morgan fingerprint density at radius 1 is 1.18 bits per heavy atom. The molecule has 146 valence electrons. The average molecular weight is 400 g/mol. The lowest BCUT2D eigenvalue weighted by Gasteiger charge is -2.14. The van der Waals surface area contributed by atoms with Gasteiger partial charge in [-0.2, -0.15) is 0 Å². The Morgan fingerprint density at radius 2 is 1.86 bits per heavy atom. The summed E-state index contributed by atoms with van der Waals surface area (Å²) in [6, 6.07) is 16.4. The van der Waals surface area contributed by atoms with Crippen LogP contribution in [0.3, 0.4) is 0 Å². The number of ether oxygens (including phenoxy) is 1. The topological polar surface area (TPSA) is 90.7 Å². The first-order valence-corrected chi connectivity index (χ1v) is 10.4. The first-order valence-electron chi connectivity index (χ1n) is 8.65. The van der Waals surface area contributed by atoms with Gasteiger partial charge in [0.15, 0.2) is 6.79 Å². The van der Waals surface area contributed by atoms with Gasteiger partial charge < -0.3 is 14.2 Å². The summed E-state index contributed by atoms with van der Waals surface area (Å²) >= 11 is 0. The largest absolute Gasteiger partial charge is 0.467 e. The van der Waals surface area contributed by atoms with Gasteiger partial charge in [0.25, 0.3) is 5.56 Å². The van der Waals surface area contributed by atoms with E-state index in [0.29, 0.717) is 16.8 Å². The van der Waals surface area contributed by atoms with E-state index in [1.165, 1.54) is 4.57 Å². The zero-order valence-corrected chi connectivity index (χ0v) is 16.3. The molecule has 0 aliphatic carbocycles. The normalized spacial score (nSPS) is 13.2. The Hall–Kier alpha value is -2.73. The highest BCUT2D eigenvalue weighted by Crippen LogP contribution is 2.42. The third kappa shape index (κ3) is 4.75. The lowest BCUT2D eigenvalue weighted by molar-refractivity contribution is 0.0843. The molecule has 1 N–H and O–H groups in total. The molecule has 1 heterocycles. The highest BCUT2D eigenvalue weighted by molar-refractivity contribution is 7.52. The zero-order valence-electron chi connectivity index (χ0n) is 15.4. The van der Waals surface area contributed by atoms with E-state index in [1.807, 2.05) is 42.5 Å². The number of hydrogen-bond donors (Lipinski definition) is 1. The van der Waals surface area contributed by atoms with Crippen LogP contribution in [0.15, 0.2) is 66.0 Å². The predicted octanol–water partition coefficient (Wildman–Crippen LogP) is 3.32. The van der Waals surface area contributed by atoms with Gasteiger partial charge in [-0.1, -0.05) is 49.0 Å². The SMILES string of the molecule is C=C(OCOP(=O)(O)CCc1nc2ccccc2n(C)c1=O)c1ccccc1. The second kappa shape index (κ2) is 8.52. The number of nitrogens with zero attached hydrogens (tertiary/aromatic N) is 2. The van der Waals surface area contributed by atoms with Crippen LogP contribution in [0, 0.1) is 0 Å². The molecule has 0 saturated heterocycles. The summed E-state index contributed by atoms with van der Waals surface area (Å²) in [5.41, 5.74) is 2.02. The van der Waals surface area contributed by atoms with E-state index in [0.717, 1.165) is 5.56 Å². The summed E-state index contributed by atoms with van der Waals surface area (Å²) in [5, 5.41) is 0. The third-order valence-electron chi connectivity index (χ3n) is 4.26. The minimum Gasteiger partial charge on any atom is -0.467 e. The van der Waals surface area contributed by atoms with Crippen LogP contribution in [0.1, 0.15) is 11.3 Å². The third-order valence-corrected chi connectivity index (χ3v) is 5.56. The molecule has 7 nitrogen and oxygen atoms in total. The van der Waals surface area contributed by atoms with Gasteiger partial charge in [0.1, 0.15) is 11.5 Å². The molecule has 0 amide bonds. The second-order valence-electron chi connectivity index (χ2n) is 6.20. The van der Waals surface area contributed by atoms with Gasteiger partial charge in [-0.25, -0.2) is 4.98 Å². The van der Waals surface area contributed by atoms with E-state index in [2.05, 4.69) is 11.6 Å². The lowest BCUT2D eigenvalue weighted by atomic mass is 10.2. The first kappa shape index (κ1) is 20.0. The molecule has 28 heavy (non-hydrogen) atoms. The van der Waals surface area contributed by atoms with Crippen molar-refractivity contribution in [3.05, 3.63) is 82.8 Å². The quantitative estimate of drug-likeness (QED) is 0.354. The molecule has 0 saturated carbocycles. The van der Waals surface area contributed by atoms with Gasteiger partial charge in [-0.05, 0) is 12.1 Å². The van der Waals surface area contributed by atoms with E-state index in [9.17, 15) is 14.3 Å². The van der Waals surface area contributed by atoms with Crippen molar-refractivity contribution in [1.29, 1.82) is 0 Å². The summed E-state index contributed by atoms with van der Waals surface area (Å²) in [5.74, 6) is 0.339. The number of benzene rings is 2. The molecule has 0 aliphatic heterocycles. The van der Waals surface area contributed by atoms with Crippen LogP contribution in [0.2, 0.25) is 0 Å². The minimum atomic E-state index is -3.96. The molecule has 1 unspecified atom stereocenters. The second-order valence-corrected chi connectivity index (χ2v) is 8.18. The lowest BCUT2D eigenvalue weighted by Crippen LogP contribution is -2.24. The number of aryl methyl sites for hydroxylation is 2. The van der Waals surface area contributed by atoms with Gasteiger partial charge >= 0.3 is 7.60 Å². The maximum absolute atomic E-state index is 12.4. The van der Waals surface area contributed by atoms with E-state index < -0.39 is 14.4 Å². The van der Waals surface area contributed by atoms with Gasteiger partial charge in [-0.15, -0.1) is 0 Å². The molecule has 0 fully saturated rings. The number of hydrogen-bond acceptors (Lipinski definition) is 5. The van der Waals surface area contributed by atoms with Crippen molar-refractivity contribution in [2.75, 3.05) is 13.0 Å². The molecule has 0 radical (unpaired) electrons. The Balaban J connectivity index is 1.60. The number of para-hydroxylation sites is 2. The van der Waals surface area contributed by atoms with Crippen LogP contribution < -0.4 is 5.56 Å². The maximum atomic E-state index is 12.4. The van der Waals surface area contributed by atoms with Crippen molar-refractivity contribution in [3.8, 4) is 0 Å².